The van der Waals surface area contributed by atoms with Crippen molar-refractivity contribution in [2.24, 2.45) is 0 Å². The number of aromatic nitrogens is 1. The number of nitrogens with one attached hydrogen (secondary N) is 1. The van der Waals surface area contributed by atoms with Crippen LogP contribution in [-0.4, -0.2) is 24.0 Å². The van der Waals surface area contributed by atoms with Crippen LogP contribution in [0.4, 0.5) is 11.4 Å². The molecule has 0 saturated heterocycles. The Labute approximate surface area is 156 Å². The maximum atomic E-state index is 13.0. The zero-order valence-electron chi connectivity index (χ0n) is 14.6. The molecule has 6 nitrogen and oxygen atoms in total. The van der Waals surface area contributed by atoms with Crippen molar-refractivity contribution in [2.45, 2.75) is 6.17 Å². The smallest absolute Gasteiger partial charge is 0.337 e. The minimum atomic E-state index is -0.444. The lowest BCUT2D eigenvalue weighted by atomic mass is 10.2. The first-order chi connectivity index (χ1) is 13.2. The van der Waals surface area contributed by atoms with Crippen LogP contribution in [0.1, 0.15) is 32.6 Å². The van der Waals surface area contributed by atoms with Gasteiger partial charge in [0.05, 0.1) is 23.9 Å². The van der Waals surface area contributed by atoms with Crippen LogP contribution in [-0.2, 0) is 4.74 Å². The number of hydrogen-bond donors (Lipinski definition) is 1. The summed E-state index contributed by atoms with van der Waals surface area (Å²) in [6.45, 7) is 0. The monoisotopic (exact) mass is 359 g/mol. The molecule has 1 amide bonds. The van der Waals surface area contributed by atoms with E-state index in [1.54, 1.807) is 47.5 Å². The Morgan fingerprint density at radius 1 is 1.04 bits per heavy atom. The zero-order valence-corrected chi connectivity index (χ0v) is 14.6. The van der Waals surface area contributed by atoms with E-state index in [2.05, 4.69) is 10.3 Å². The van der Waals surface area contributed by atoms with E-state index in [1.165, 1.54) is 7.11 Å². The van der Waals surface area contributed by atoms with Gasteiger partial charge in [-0.2, -0.15) is 0 Å². The van der Waals surface area contributed by atoms with E-state index in [0.717, 1.165) is 11.4 Å². The molecule has 0 aliphatic carbocycles. The molecule has 1 N–H and O–H groups in total. The topological polar surface area (TPSA) is 71.5 Å². The molecule has 1 aliphatic rings. The van der Waals surface area contributed by atoms with Gasteiger partial charge in [0.15, 0.2) is 6.17 Å². The third-order valence-electron chi connectivity index (χ3n) is 4.45. The van der Waals surface area contributed by atoms with Gasteiger partial charge in [0.1, 0.15) is 0 Å². The number of carbonyl (C=O) groups excluding carboxylic acids is 2. The molecule has 1 atom stereocenters. The van der Waals surface area contributed by atoms with Crippen LogP contribution in [0.25, 0.3) is 0 Å². The van der Waals surface area contributed by atoms with Crippen molar-refractivity contribution in [3.8, 4) is 0 Å². The predicted octanol–water partition coefficient (Wildman–Crippen LogP) is 3.64. The standard InChI is InChI=1S/C21H17N3O3/c1-27-21(26)14-9-11-15(12-10-14)23-19-18-17(8-5-13-22-18)20(25)24(19)16-6-3-2-4-7-16/h2-13,19,23H,1H3/t19-/m0/s1. The summed E-state index contributed by atoms with van der Waals surface area (Å²) in [7, 11) is 1.35. The molecule has 0 radical (unpaired) electrons. The number of methoxy groups -OCH3 is 1. The Balaban J connectivity index is 1.70. The molecule has 1 aromatic heterocycles. The lowest BCUT2D eigenvalue weighted by Crippen LogP contribution is -2.32. The van der Waals surface area contributed by atoms with Crippen molar-refractivity contribution in [1.29, 1.82) is 0 Å². The minimum absolute atomic E-state index is 0.104. The van der Waals surface area contributed by atoms with E-state index in [4.69, 9.17) is 4.74 Å². The number of carbonyl (C=O) groups is 2. The predicted molar refractivity (Wildman–Crippen MR) is 102 cm³/mol. The van der Waals surface area contributed by atoms with E-state index < -0.39 is 12.1 Å². The second-order valence-electron chi connectivity index (χ2n) is 6.06. The number of pyridine rings is 1. The number of ether oxygens (including phenoxy) is 1. The summed E-state index contributed by atoms with van der Waals surface area (Å²) in [5.74, 6) is -0.497. The van der Waals surface area contributed by atoms with Crippen LogP contribution in [0.2, 0.25) is 0 Å². The Bertz CT molecular complexity index is 987. The molecule has 2 heterocycles. The van der Waals surface area contributed by atoms with Gasteiger partial charge >= 0.3 is 5.97 Å². The molecule has 0 saturated carbocycles. The van der Waals surface area contributed by atoms with E-state index in [9.17, 15) is 9.59 Å². The highest BCUT2D eigenvalue weighted by Gasteiger charge is 2.38. The first-order valence-corrected chi connectivity index (χ1v) is 8.47. The number of nitrogens with zero attached hydrogens (tertiary/aromatic N) is 2. The zero-order chi connectivity index (χ0) is 18.8. The fourth-order valence-corrected chi connectivity index (χ4v) is 3.15. The molecule has 0 bridgehead atoms. The van der Waals surface area contributed by atoms with Gasteiger partial charge in [0.2, 0.25) is 0 Å². The third-order valence-corrected chi connectivity index (χ3v) is 4.45. The highest BCUT2D eigenvalue weighted by Crippen LogP contribution is 2.36. The fraction of sp³-hybridized carbons (Fsp3) is 0.0952. The molecule has 6 heteroatoms. The van der Waals surface area contributed by atoms with Crippen molar-refractivity contribution in [3.05, 3.63) is 89.7 Å². The van der Waals surface area contributed by atoms with Gasteiger partial charge in [-0.25, -0.2) is 4.79 Å². The van der Waals surface area contributed by atoms with Gasteiger partial charge < -0.3 is 10.1 Å². The van der Waals surface area contributed by atoms with Gasteiger partial charge in [-0.3, -0.25) is 14.7 Å². The van der Waals surface area contributed by atoms with Crippen LogP contribution in [0.15, 0.2) is 72.9 Å². The summed E-state index contributed by atoms with van der Waals surface area (Å²) in [5, 5.41) is 3.35. The molecule has 0 fully saturated rings. The summed E-state index contributed by atoms with van der Waals surface area (Å²) < 4.78 is 4.72. The quantitative estimate of drug-likeness (QED) is 0.720. The normalized spacial score (nSPS) is 15.4. The van der Waals surface area contributed by atoms with E-state index in [1.807, 2.05) is 30.3 Å². The van der Waals surface area contributed by atoms with Gasteiger partial charge in [0, 0.05) is 17.6 Å². The summed E-state index contributed by atoms with van der Waals surface area (Å²) in [5.41, 5.74) is 3.25. The minimum Gasteiger partial charge on any atom is -0.465 e. The first kappa shape index (κ1) is 16.8. The van der Waals surface area contributed by atoms with Gasteiger partial charge in [-0.05, 0) is 48.5 Å². The molecule has 4 rings (SSSR count). The Kier molecular flexibility index (Phi) is 4.30. The molecule has 3 aromatic rings. The Morgan fingerprint density at radius 2 is 1.78 bits per heavy atom. The van der Waals surface area contributed by atoms with Gasteiger partial charge in [0.25, 0.3) is 5.91 Å². The maximum absolute atomic E-state index is 13.0. The SMILES string of the molecule is COC(=O)c1ccc(N[C@@H]2c3ncccc3C(=O)N2c2ccccc2)cc1. The third kappa shape index (κ3) is 3.01. The largest absolute Gasteiger partial charge is 0.465 e. The summed E-state index contributed by atoms with van der Waals surface area (Å²) in [6.07, 6.45) is 1.23. The average Bonchev–Trinajstić information content (AvgIpc) is 3.00. The number of hydrogen-bond acceptors (Lipinski definition) is 5. The fourth-order valence-electron chi connectivity index (χ4n) is 3.15. The van der Waals surface area contributed by atoms with Crippen LogP contribution >= 0.6 is 0 Å². The highest BCUT2D eigenvalue weighted by atomic mass is 16.5. The van der Waals surface area contributed by atoms with Crippen LogP contribution < -0.4 is 10.2 Å². The number of fused-ring (bicyclic) bond motifs is 1. The molecule has 0 spiro atoms. The summed E-state index contributed by atoms with van der Waals surface area (Å²) in [6, 6.07) is 19.9. The van der Waals surface area contributed by atoms with E-state index >= 15 is 0 Å². The van der Waals surface area contributed by atoms with Crippen molar-refractivity contribution < 1.29 is 14.3 Å². The Morgan fingerprint density at radius 3 is 2.48 bits per heavy atom. The second kappa shape index (κ2) is 6.92. The van der Waals surface area contributed by atoms with Crippen molar-refractivity contribution in [3.63, 3.8) is 0 Å². The van der Waals surface area contributed by atoms with Crippen molar-refractivity contribution in [2.75, 3.05) is 17.3 Å². The summed E-state index contributed by atoms with van der Waals surface area (Å²) in [4.78, 5) is 30.7. The van der Waals surface area contributed by atoms with Crippen LogP contribution in [0.3, 0.4) is 0 Å². The number of para-hydroxylation sites is 1. The number of benzene rings is 2. The molecular formula is C21H17N3O3. The second-order valence-corrected chi connectivity index (χ2v) is 6.06. The highest BCUT2D eigenvalue weighted by molar-refractivity contribution is 6.11. The van der Waals surface area contributed by atoms with Crippen molar-refractivity contribution in [1.82, 2.24) is 4.98 Å². The molecule has 134 valence electrons. The Hall–Kier alpha value is -3.67. The maximum Gasteiger partial charge on any atom is 0.337 e. The van der Waals surface area contributed by atoms with Crippen LogP contribution in [0, 0.1) is 0 Å². The van der Waals surface area contributed by atoms with Gasteiger partial charge in [-0.1, -0.05) is 18.2 Å². The average molecular weight is 359 g/mol. The van der Waals surface area contributed by atoms with Gasteiger partial charge in [-0.15, -0.1) is 0 Å². The molecule has 2 aromatic carbocycles. The number of esters is 1. The number of rotatable bonds is 4. The van der Waals surface area contributed by atoms with Crippen LogP contribution in [0.5, 0.6) is 0 Å². The molecular weight excluding hydrogens is 342 g/mol. The number of anilines is 2. The molecule has 1 aliphatic heterocycles. The number of amides is 1. The lowest BCUT2D eigenvalue weighted by molar-refractivity contribution is 0.0600. The van der Waals surface area contributed by atoms with E-state index in [0.29, 0.717) is 16.8 Å². The lowest BCUT2D eigenvalue weighted by Gasteiger charge is -2.26. The van der Waals surface area contributed by atoms with E-state index in [-0.39, 0.29) is 5.91 Å². The first-order valence-electron chi connectivity index (χ1n) is 8.47. The van der Waals surface area contributed by atoms with Crippen molar-refractivity contribution >= 4 is 23.3 Å². The summed E-state index contributed by atoms with van der Waals surface area (Å²) >= 11 is 0. The molecule has 27 heavy (non-hydrogen) atoms. The molecule has 0 unspecified atom stereocenters.